The van der Waals surface area contributed by atoms with Crippen LogP contribution in [-0.4, -0.2) is 34.6 Å². The molecule has 0 radical (unpaired) electrons. The van der Waals surface area contributed by atoms with E-state index in [2.05, 4.69) is 5.32 Å². The Morgan fingerprint density at radius 2 is 2.06 bits per heavy atom. The van der Waals surface area contributed by atoms with Crippen LogP contribution < -0.4 is 5.32 Å². The topological polar surface area (TPSA) is 92.7 Å². The molecule has 1 rings (SSSR count). The molecule has 0 aromatic heterocycles. The van der Waals surface area contributed by atoms with Crippen molar-refractivity contribution in [2.75, 3.05) is 0 Å². The molecule has 2 atom stereocenters. The molecule has 1 unspecified atom stereocenters. The van der Waals surface area contributed by atoms with E-state index in [4.69, 9.17) is 9.84 Å². The molecular formula is C10H15NO5. The Kier molecular flexibility index (Phi) is 2.94. The Morgan fingerprint density at radius 1 is 1.50 bits per heavy atom. The van der Waals surface area contributed by atoms with E-state index in [0.29, 0.717) is 6.29 Å². The van der Waals surface area contributed by atoms with Crippen LogP contribution >= 0.6 is 0 Å². The maximum atomic E-state index is 11.4. The van der Waals surface area contributed by atoms with Gasteiger partial charge in [-0.1, -0.05) is 0 Å². The second-order valence-corrected chi connectivity index (χ2v) is 4.85. The van der Waals surface area contributed by atoms with Gasteiger partial charge in [0, 0.05) is 0 Å². The van der Waals surface area contributed by atoms with Crippen molar-refractivity contribution in [3.8, 4) is 0 Å². The molecule has 16 heavy (non-hydrogen) atoms. The summed E-state index contributed by atoms with van der Waals surface area (Å²) < 4.78 is 4.93. The van der Waals surface area contributed by atoms with Crippen molar-refractivity contribution in [2.45, 2.75) is 38.3 Å². The number of alkyl carbamates (subject to hydrolysis) is 1. The summed E-state index contributed by atoms with van der Waals surface area (Å²) >= 11 is 0. The maximum absolute atomic E-state index is 11.4. The highest BCUT2D eigenvalue weighted by Gasteiger charge is 2.62. The third kappa shape index (κ3) is 2.50. The summed E-state index contributed by atoms with van der Waals surface area (Å²) in [5.41, 5.74) is -2.17. The Hall–Kier alpha value is -1.59. The highest BCUT2D eigenvalue weighted by atomic mass is 16.6. The first-order chi connectivity index (χ1) is 7.21. The summed E-state index contributed by atoms with van der Waals surface area (Å²) in [5, 5.41) is 11.2. The van der Waals surface area contributed by atoms with Gasteiger partial charge >= 0.3 is 12.1 Å². The zero-order chi connectivity index (χ0) is 12.6. The molecule has 1 aliphatic rings. The van der Waals surface area contributed by atoms with Crippen LogP contribution in [0.5, 0.6) is 0 Å². The lowest BCUT2D eigenvalue weighted by Crippen LogP contribution is -2.47. The molecule has 1 fully saturated rings. The van der Waals surface area contributed by atoms with Gasteiger partial charge in [0.25, 0.3) is 0 Å². The molecular weight excluding hydrogens is 214 g/mol. The predicted octanol–water partition coefficient (Wildman–Crippen LogP) is 0.553. The molecule has 0 bridgehead atoms. The van der Waals surface area contributed by atoms with E-state index in [1.165, 1.54) is 0 Å². The summed E-state index contributed by atoms with van der Waals surface area (Å²) in [4.78, 5) is 32.8. The van der Waals surface area contributed by atoms with Crippen molar-refractivity contribution in [2.24, 2.45) is 5.92 Å². The number of carboxylic acid groups (broad SMARTS) is 1. The lowest BCUT2D eigenvalue weighted by atomic mass is 10.2. The number of carboxylic acids is 1. The number of amides is 1. The Labute approximate surface area is 93.0 Å². The Bertz CT molecular complexity index is 333. The van der Waals surface area contributed by atoms with Gasteiger partial charge < -0.3 is 20.0 Å². The molecule has 2 N–H and O–H groups in total. The van der Waals surface area contributed by atoms with E-state index < -0.39 is 29.1 Å². The normalized spacial score (nSPS) is 28.1. The fourth-order valence-electron chi connectivity index (χ4n) is 1.38. The molecule has 6 heteroatoms. The van der Waals surface area contributed by atoms with E-state index in [0.717, 1.165) is 0 Å². The number of rotatable bonds is 3. The van der Waals surface area contributed by atoms with Crippen molar-refractivity contribution < 1.29 is 24.2 Å². The highest BCUT2D eigenvalue weighted by Crippen LogP contribution is 2.42. The van der Waals surface area contributed by atoms with E-state index >= 15 is 0 Å². The van der Waals surface area contributed by atoms with Gasteiger partial charge in [-0.3, -0.25) is 0 Å². The molecule has 6 nitrogen and oxygen atoms in total. The van der Waals surface area contributed by atoms with Gasteiger partial charge in [0.1, 0.15) is 11.9 Å². The van der Waals surface area contributed by atoms with Crippen molar-refractivity contribution in [3.63, 3.8) is 0 Å². The largest absolute Gasteiger partial charge is 0.479 e. The molecule has 0 aromatic carbocycles. The Morgan fingerprint density at radius 3 is 2.38 bits per heavy atom. The molecule has 0 saturated heterocycles. The van der Waals surface area contributed by atoms with E-state index in [1.54, 1.807) is 20.8 Å². The lowest BCUT2D eigenvalue weighted by molar-refractivity contribution is -0.141. The molecule has 90 valence electrons. The van der Waals surface area contributed by atoms with Gasteiger partial charge in [-0.05, 0) is 27.2 Å². The monoisotopic (exact) mass is 229 g/mol. The minimum atomic E-state index is -1.47. The van der Waals surface area contributed by atoms with Gasteiger partial charge in [0.2, 0.25) is 0 Å². The van der Waals surface area contributed by atoms with Crippen LogP contribution in [0.2, 0.25) is 0 Å². The van der Waals surface area contributed by atoms with Crippen LogP contribution in [-0.2, 0) is 14.3 Å². The fourth-order valence-corrected chi connectivity index (χ4v) is 1.38. The lowest BCUT2D eigenvalue weighted by Gasteiger charge is -2.21. The smallest absolute Gasteiger partial charge is 0.408 e. The minimum absolute atomic E-state index is 0.116. The van der Waals surface area contributed by atoms with Crippen LogP contribution in [0.1, 0.15) is 27.2 Å². The standard InChI is InChI=1S/C10H15NO5/c1-9(2,3)16-8(15)11-10(7(13)14)4-6(10)5-12/h5-6H,4H2,1-3H3,(H,11,15)(H,13,14)/t6?,10-/m1/s1. The summed E-state index contributed by atoms with van der Waals surface area (Å²) in [6.45, 7) is 5.01. The second-order valence-electron chi connectivity index (χ2n) is 4.85. The fraction of sp³-hybridized carbons (Fsp3) is 0.700. The number of hydrogen-bond acceptors (Lipinski definition) is 4. The van der Waals surface area contributed by atoms with Crippen molar-refractivity contribution in [3.05, 3.63) is 0 Å². The molecule has 0 heterocycles. The number of hydrogen-bond donors (Lipinski definition) is 2. The third-order valence-electron chi connectivity index (χ3n) is 2.28. The van der Waals surface area contributed by atoms with Gasteiger partial charge in [0.05, 0.1) is 5.92 Å². The van der Waals surface area contributed by atoms with Crippen LogP contribution in [0.3, 0.4) is 0 Å². The summed E-state index contributed by atoms with van der Waals surface area (Å²) in [6.07, 6.45) is -0.171. The van der Waals surface area contributed by atoms with Gasteiger partial charge in [-0.2, -0.15) is 0 Å². The first-order valence-electron chi connectivity index (χ1n) is 4.91. The van der Waals surface area contributed by atoms with Crippen molar-refractivity contribution in [1.82, 2.24) is 5.32 Å². The first-order valence-corrected chi connectivity index (χ1v) is 4.91. The minimum Gasteiger partial charge on any atom is -0.479 e. The number of aldehydes is 1. The Balaban J connectivity index is 2.63. The third-order valence-corrected chi connectivity index (χ3v) is 2.28. The average Bonchev–Trinajstić information content (AvgIpc) is 2.76. The van der Waals surface area contributed by atoms with Crippen LogP contribution in [0.25, 0.3) is 0 Å². The quantitative estimate of drug-likeness (QED) is 0.689. The summed E-state index contributed by atoms with van der Waals surface area (Å²) in [5.74, 6) is -1.88. The summed E-state index contributed by atoms with van der Waals surface area (Å²) in [7, 11) is 0. The number of ether oxygens (including phenoxy) is 1. The van der Waals surface area contributed by atoms with E-state index in [-0.39, 0.29) is 6.42 Å². The average molecular weight is 229 g/mol. The number of carbonyl (C=O) groups excluding carboxylic acids is 2. The predicted molar refractivity (Wildman–Crippen MR) is 53.9 cm³/mol. The van der Waals surface area contributed by atoms with E-state index in [9.17, 15) is 14.4 Å². The zero-order valence-electron chi connectivity index (χ0n) is 9.44. The van der Waals surface area contributed by atoms with Crippen LogP contribution in [0.15, 0.2) is 0 Å². The number of aliphatic carboxylic acids is 1. The SMILES string of the molecule is CC(C)(C)OC(=O)N[C@]1(C(=O)O)CC1C=O. The molecule has 0 aliphatic heterocycles. The molecule has 1 aliphatic carbocycles. The molecule has 0 spiro atoms. The number of nitrogens with one attached hydrogen (secondary N) is 1. The molecule has 0 aromatic rings. The van der Waals surface area contributed by atoms with Gasteiger partial charge in [-0.15, -0.1) is 0 Å². The second kappa shape index (κ2) is 3.77. The molecule has 1 saturated carbocycles. The van der Waals surface area contributed by atoms with E-state index in [1.807, 2.05) is 0 Å². The van der Waals surface area contributed by atoms with Crippen LogP contribution in [0.4, 0.5) is 4.79 Å². The van der Waals surface area contributed by atoms with Crippen molar-refractivity contribution in [1.29, 1.82) is 0 Å². The van der Waals surface area contributed by atoms with Gasteiger partial charge in [0.15, 0.2) is 5.54 Å². The molecule has 1 amide bonds. The highest BCUT2D eigenvalue weighted by molar-refractivity contribution is 5.93. The first kappa shape index (κ1) is 12.5. The zero-order valence-corrected chi connectivity index (χ0v) is 9.44. The van der Waals surface area contributed by atoms with Gasteiger partial charge in [-0.25, -0.2) is 9.59 Å². The van der Waals surface area contributed by atoms with Crippen LogP contribution in [0, 0.1) is 5.92 Å². The summed E-state index contributed by atoms with van der Waals surface area (Å²) in [6, 6.07) is 0. The number of carbonyl (C=O) groups is 3. The van der Waals surface area contributed by atoms with Crippen molar-refractivity contribution >= 4 is 18.3 Å². The maximum Gasteiger partial charge on any atom is 0.408 e.